The first-order chi connectivity index (χ1) is 15.2. The summed E-state index contributed by atoms with van der Waals surface area (Å²) in [6.07, 6.45) is 0.588. The predicted octanol–water partition coefficient (Wildman–Crippen LogP) is 4.18. The van der Waals surface area contributed by atoms with Crippen molar-refractivity contribution in [2.75, 3.05) is 26.1 Å². The molecule has 2 aromatic carbocycles. The van der Waals surface area contributed by atoms with E-state index < -0.39 is 0 Å². The van der Waals surface area contributed by atoms with Gasteiger partial charge in [0.25, 0.3) is 5.91 Å². The Morgan fingerprint density at radius 3 is 2.65 bits per heavy atom. The number of fused-ring (bicyclic) bond motifs is 3. The average Bonchev–Trinajstić information content (AvgIpc) is 3.17. The second-order valence-electron chi connectivity index (χ2n) is 7.82. The van der Waals surface area contributed by atoms with Crippen LogP contribution < -0.4 is 20.1 Å². The number of ether oxygens (including phenoxy) is 2. The number of methoxy groups -OCH3 is 2. The number of nitrogens with zero attached hydrogens (tertiary/aromatic N) is 1. The van der Waals surface area contributed by atoms with Gasteiger partial charge in [0.2, 0.25) is 0 Å². The number of nitrogens with one attached hydrogen (secondary N) is 2. The first kappa shape index (κ1) is 19.9. The van der Waals surface area contributed by atoms with Gasteiger partial charge >= 0.3 is 0 Å². The molecule has 3 aromatic rings. The molecule has 6 nitrogen and oxygen atoms in total. The Balaban J connectivity index is 1.38. The lowest BCUT2D eigenvalue weighted by Gasteiger charge is -2.28. The molecule has 2 aliphatic heterocycles. The molecule has 0 unspecified atom stereocenters. The van der Waals surface area contributed by atoms with Gasteiger partial charge in [-0.1, -0.05) is 36.4 Å². The molecule has 3 heterocycles. The number of hydrogen-bond acceptors (Lipinski definition) is 6. The van der Waals surface area contributed by atoms with Gasteiger partial charge in [-0.05, 0) is 35.2 Å². The molecule has 0 spiro atoms. The van der Waals surface area contributed by atoms with Gasteiger partial charge in [-0.15, -0.1) is 11.3 Å². The highest BCUT2D eigenvalue weighted by molar-refractivity contribution is 7.16. The maximum atomic E-state index is 13.0. The van der Waals surface area contributed by atoms with E-state index in [1.54, 1.807) is 25.6 Å². The van der Waals surface area contributed by atoms with Gasteiger partial charge in [0, 0.05) is 24.5 Å². The summed E-state index contributed by atoms with van der Waals surface area (Å²) in [7, 11) is 3.23. The van der Waals surface area contributed by atoms with Crippen molar-refractivity contribution in [1.82, 2.24) is 10.2 Å². The SMILES string of the molecule is COc1ccc([C@H]2NC(=O)c3c(sc4c3CCN(Cc3ccccc3)C4)N2)cc1OC. The van der Waals surface area contributed by atoms with Gasteiger partial charge in [-0.2, -0.15) is 0 Å². The van der Waals surface area contributed by atoms with Crippen LogP contribution in [0.1, 0.15) is 38.1 Å². The first-order valence-electron chi connectivity index (χ1n) is 10.4. The topological polar surface area (TPSA) is 62.8 Å². The fourth-order valence-electron chi connectivity index (χ4n) is 4.34. The number of thiophene rings is 1. The highest BCUT2D eigenvalue weighted by Gasteiger charge is 2.33. The Morgan fingerprint density at radius 2 is 1.87 bits per heavy atom. The van der Waals surface area contributed by atoms with Crippen molar-refractivity contribution in [3.8, 4) is 11.5 Å². The monoisotopic (exact) mass is 435 g/mol. The molecule has 1 atom stereocenters. The molecule has 160 valence electrons. The number of hydrogen-bond donors (Lipinski definition) is 2. The van der Waals surface area contributed by atoms with Crippen LogP contribution >= 0.6 is 11.3 Å². The van der Waals surface area contributed by atoms with Crippen molar-refractivity contribution in [3.05, 3.63) is 75.7 Å². The van der Waals surface area contributed by atoms with Crippen LogP contribution in [0.25, 0.3) is 0 Å². The lowest BCUT2D eigenvalue weighted by molar-refractivity contribution is 0.0934. The van der Waals surface area contributed by atoms with Crippen LogP contribution in [0.5, 0.6) is 11.5 Å². The molecule has 2 N–H and O–H groups in total. The Labute approximate surface area is 185 Å². The van der Waals surface area contributed by atoms with Gasteiger partial charge in [0.1, 0.15) is 11.2 Å². The van der Waals surface area contributed by atoms with Crippen molar-refractivity contribution < 1.29 is 14.3 Å². The van der Waals surface area contributed by atoms with E-state index in [-0.39, 0.29) is 12.1 Å². The third kappa shape index (κ3) is 3.75. The van der Waals surface area contributed by atoms with Crippen LogP contribution in [-0.2, 0) is 19.5 Å². The molecular formula is C24H25N3O3S. The van der Waals surface area contributed by atoms with Crippen LogP contribution in [0.15, 0.2) is 48.5 Å². The van der Waals surface area contributed by atoms with E-state index in [2.05, 4.69) is 39.8 Å². The average molecular weight is 436 g/mol. The highest BCUT2D eigenvalue weighted by Crippen LogP contribution is 2.41. The maximum Gasteiger partial charge on any atom is 0.256 e. The highest BCUT2D eigenvalue weighted by atomic mass is 32.1. The zero-order valence-electron chi connectivity index (χ0n) is 17.6. The number of carbonyl (C=O) groups excluding carboxylic acids is 1. The molecule has 1 amide bonds. The molecule has 7 heteroatoms. The van der Waals surface area contributed by atoms with E-state index >= 15 is 0 Å². The van der Waals surface area contributed by atoms with E-state index in [1.165, 1.54) is 16.0 Å². The van der Waals surface area contributed by atoms with E-state index in [4.69, 9.17) is 9.47 Å². The fraction of sp³-hybridized carbons (Fsp3) is 0.292. The molecule has 2 aliphatic rings. The van der Waals surface area contributed by atoms with Crippen molar-refractivity contribution in [3.63, 3.8) is 0 Å². The molecule has 0 bridgehead atoms. The quantitative estimate of drug-likeness (QED) is 0.630. The lowest BCUT2D eigenvalue weighted by atomic mass is 10.00. The summed E-state index contributed by atoms with van der Waals surface area (Å²) in [5.41, 5.74) is 4.25. The number of carbonyl (C=O) groups is 1. The van der Waals surface area contributed by atoms with Crippen LogP contribution in [0.4, 0.5) is 5.00 Å². The van der Waals surface area contributed by atoms with Crippen LogP contribution in [0.3, 0.4) is 0 Å². The molecular weight excluding hydrogens is 410 g/mol. The summed E-state index contributed by atoms with van der Waals surface area (Å²) in [6.45, 7) is 2.76. The van der Waals surface area contributed by atoms with Gasteiger partial charge in [-0.3, -0.25) is 9.69 Å². The van der Waals surface area contributed by atoms with E-state index in [9.17, 15) is 4.79 Å². The van der Waals surface area contributed by atoms with Crippen molar-refractivity contribution in [2.45, 2.75) is 25.7 Å². The summed E-state index contributed by atoms with van der Waals surface area (Å²) < 4.78 is 10.8. The molecule has 0 saturated heterocycles. The number of rotatable bonds is 5. The number of amides is 1. The predicted molar refractivity (Wildman–Crippen MR) is 122 cm³/mol. The summed E-state index contributed by atoms with van der Waals surface area (Å²) in [6, 6.07) is 16.2. The third-order valence-electron chi connectivity index (χ3n) is 5.90. The van der Waals surface area contributed by atoms with Gasteiger partial charge in [0.15, 0.2) is 11.5 Å². The second kappa shape index (κ2) is 8.24. The Morgan fingerprint density at radius 1 is 1.06 bits per heavy atom. The minimum atomic E-state index is -0.305. The number of benzene rings is 2. The largest absolute Gasteiger partial charge is 0.493 e. The molecule has 31 heavy (non-hydrogen) atoms. The Bertz CT molecular complexity index is 1110. The van der Waals surface area contributed by atoms with E-state index in [0.717, 1.165) is 42.2 Å². The van der Waals surface area contributed by atoms with Gasteiger partial charge < -0.3 is 20.1 Å². The zero-order valence-corrected chi connectivity index (χ0v) is 18.4. The van der Waals surface area contributed by atoms with Crippen LogP contribution in [0, 0.1) is 0 Å². The second-order valence-corrected chi connectivity index (χ2v) is 8.92. The van der Waals surface area contributed by atoms with E-state index in [1.807, 2.05) is 24.3 Å². The maximum absolute atomic E-state index is 13.0. The van der Waals surface area contributed by atoms with E-state index in [0.29, 0.717) is 11.5 Å². The Hall–Kier alpha value is -3.03. The molecule has 0 aliphatic carbocycles. The molecule has 0 fully saturated rings. The summed E-state index contributed by atoms with van der Waals surface area (Å²) in [5.74, 6) is 1.30. The fourth-order valence-corrected chi connectivity index (χ4v) is 5.66. The van der Waals surface area contributed by atoms with Crippen LogP contribution in [-0.4, -0.2) is 31.6 Å². The summed E-state index contributed by atoms with van der Waals surface area (Å²) in [5, 5.41) is 7.59. The van der Waals surface area contributed by atoms with Crippen molar-refractivity contribution in [1.29, 1.82) is 0 Å². The van der Waals surface area contributed by atoms with Gasteiger partial charge in [0.05, 0.1) is 19.8 Å². The molecule has 0 radical (unpaired) electrons. The minimum Gasteiger partial charge on any atom is -0.493 e. The Kier molecular flexibility index (Phi) is 5.29. The molecule has 5 rings (SSSR count). The van der Waals surface area contributed by atoms with Gasteiger partial charge in [-0.25, -0.2) is 0 Å². The number of anilines is 1. The normalized spacial score (nSPS) is 17.9. The smallest absolute Gasteiger partial charge is 0.256 e. The molecule has 1 aromatic heterocycles. The summed E-state index contributed by atoms with van der Waals surface area (Å²) >= 11 is 1.70. The third-order valence-corrected chi connectivity index (χ3v) is 7.05. The van der Waals surface area contributed by atoms with Crippen molar-refractivity contribution >= 4 is 22.2 Å². The lowest BCUT2D eigenvalue weighted by Crippen LogP contribution is -2.38. The van der Waals surface area contributed by atoms with Crippen molar-refractivity contribution in [2.24, 2.45) is 0 Å². The zero-order chi connectivity index (χ0) is 21.4. The first-order valence-corrected chi connectivity index (χ1v) is 11.2. The standard InChI is InChI=1S/C24H25N3O3S/c1-29-18-9-8-16(12-19(18)30-2)22-25-23(28)21-17-10-11-27(13-15-6-4-3-5-7-15)14-20(17)31-24(21)26-22/h3-9,12,22,26H,10-11,13-14H2,1-2H3,(H,25,28)/t22-/m0/s1. The van der Waals surface area contributed by atoms with Crippen LogP contribution in [0.2, 0.25) is 0 Å². The molecule has 0 saturated carbocycles. The summed E-state index contributed by atoms with van der Waals surface area (Å²) in [4.78, 5) is 16.8. The minimum absolute atomic E-state index is 0.0115.